The fourth-order valence-corrected chi connectivity index (χ4v) is 4.81. The Morgan fingerprint density at radius 3 is 2.19 bits per heavy atom. The maximum Gasteiger partial charge on any atom is 0.259 e. The highest BCUT2D eigenvalue weighted by Gasteiger charge is 2.40. The van der Waals surface area contributed by atoms with Gasteiger partial charge in [0.25, 0.3) is 5.91 Å². The summed E-state index contributed by atoms with van der Waals surface area (Å²) in [6.45, 7) is 4.61. The minimum atomic E-state index is -0.482. The van der Waals surface area contributed by atoms with Crippen LogP contribution in [-0.4, -0.2) is 61.9 Å². The molecule has 1 fully saturated rings. The van der Waals surface area contributed by atoms with Crippen molar-refractivity contribution in [2.24, 2.45) is 4.99 Å². The van der Waals surface area contributed by atoms with E-state index in [4.69, 9.17) is 9.73 Å². The SMILES string of the molecule is COc1ccccc1N1C(=O)C(Cc2ccccc2)N=C1N1CCN(c2ccc(C(C)=O)cc2)CC1. The minimum absolute atomic E-state index is 0.0411. The second-order valence-electron chi connectivity index (χ2n) is 9.06. The number of Topliss-reactive ketones (excluding diaryl/α,β-unsaturated/α-hetero) is 1. The number of ketones is 1. The molecule has 0 spiro atoms. The van der Waals surface area contributed by atoms with Crippen molar-refractivity contribution in [3.63, 3.8) is 0 Å². The molecule has 3 aromatic rings. The van der Waals surface area contributed by atoms with Gasteiger partial charge in [0, 0.05) is 43.9 Å². The molecule has 0 aromatic heterocycles. The standard InChI is InChI=1S/C29H30N4O3/c1-21(34)23-12-14-24(15-13-23)31-16-18-32(19-17-31)29-30-25(20-22-8-4-3-5-9-22)28(35)33(29)26-10-6-7-11-27(26)36-2/h3-15,25H,16-20H2,1-2H3. The monoisotopic (exact) mass is 482 g/mol. The van der Waals surface area contributed by atoms with E-state index in [9.17, 15) is 9.59 Å². The number of benzene rings is 3. The molecule has 3 aromatic carbocycles. The average molecular weight is 483 g/mol. The van der Waals surface area contributed by atoms with Crippen molar-refractivity contribution in [3.8, 4) is 5.75 Å². The van der Waals surface area contributed by atoms with E-state index in [1.54, 1.807) is 18.9 Å². The second kappa shape index (κ2) is 10.2. The predicted octanol–water partition coefficient (Wildman–Crippen LogP) is 4.03. The molecule has 0 N–H and O–H groups in total. The number of hydrogen-bond donors (Lipinski definition) is 0. The summed E-state index contributed by atoms with van der Waals surface area (Å²) in [5, 5.41) is 0. The first-order valence-electron chi connectivity index (χ1n) is 12.2. The maximum atomic E-state index is 13.7. The zero-order valence-electron chi connectivity index (χ0n) is 20.6. The highest BCUT2D eigenvalue weighted by molar-refractivity contribution is 6.22. The van der Waals surface area contributed by atoms with Crippen LogP contribution in [0.3, 0.4) is 0 Å². The summed E-state index contributed by atoms with van der Waals surface area (Å²) in [6.07, 6.45) is 0.553. The summed E-state index contributed by atoms with van der Waals surface area (Å²) < 4.78 is 5.60. The molecule has 1 atom stereocenters. The van der Waals surface area contributed by atoms with E-state index in [0.717, 1.165) is 37.4 Å². The number of carbonyl (C=O) groups is 2. The molecule has 0 aliphatic carbocycles. The molecule has 184 valence electrons. The first-order valence-corrected chi connectivity index (χ1v) is 12.2. The van der Waals surface area contributed by atoms with Crippen LogP contribution in [0.5, 0.6) is 5.75 Å². The highest BCUT2D eigenvalue weighted by atomic mass is 16.5. The Hall–Kier alpha value is -4.13. The van der Waals surface area contributed by atoms with E-state index < -0.39 is 6.04 Å². The van der Waals surface area contributed by atoms with Gasteiger partial charge in [-0.2, -0.15) is 0 Å². The van der Waals surface area contributed by atoms with Crippen LogP contribution in [0.25, 0.3) is 0 Å². The summed E-state index contributed by atoms with van der Waals surface area (Å²) in [5.41, 5.74) is 3.60. The Balaban J connectivity index is 1.39. The molecule has 5 rings (SSSR count). The summed E-state index contributed by atoms with van der Waals surface area (Å²) >= 11 is 0. The number of carbonyl (C=O) groups excluding carboxylic acids is 2. The van der Waals surface area contributed by atoms with Crippen LogP contribution in [0.1, 0.15) is 22.8 Å². The van der Waals surface area contributed by atoms with Gasteiger partial charge in [-0.15, -0.1) is 0 Å². The van der Waals surface area contributed by atoms with Crippen LogP contribution in [0.4, 0.5) is 11.4 Å². The molecule has 2 aliphatic heterocycles. The summed E-state index contributed by atoms with van der Waals surface area (Å²) in [7, 11) is 1.62. The molecule has 1 unspecified atom stereocenters. The zero-order valence-corrected chi connectivity index (χ0v) is 20.6. The van der Waals surface area contributed by atoms with Crippen molar-refractivity contribution in [3.05, 3.63) is 90.0 Å². The van der Waals surface area contributed by atoms with Gasteiger partial charge in [0.15, 0.2) is 5.78 Å². The van der Waals surface area contributed by atoms with Crippen LogP contribution in [-0.2, 0) is 11.2 Å². The average Bonchev–Trinajstić information content (AvgIpc) is 3.24. The van der Waals surface area contributed by atoms with Gasteiger partial charge in [-0.05, 0) is 48.9 Å². The van der Waals surface area contributed by atoms with Crippen LogP contribution < -0.4 is 14.5 Å². The normalized spacial score (nSPS) is 17.8. The Labute approximate surface area is 211 Å². The molecule has 0 saturated carbocycles. The molecule has 7 nitrogen and oxygen atoms in total. The molecule has 36 heavy (non-hydrogen) atoms. The van der Waals surface area contributed by atoms with Gasteiger partial charge in [0.05, 0.1) is 12.8 Å². The summed E-state index contributed by atoms with van der Waals surface area (Å²) in [4.78, 5) is 36.5. The number of para-hydroxylation sites is 2. The number of guanidine groups is 1. The Bertz CT molecular complexity index is 1270. The largest absolute Gasteiger partial charge is 0.495 e. The van der Waals surface area contributed by atoms with Crippen molar-refractivity contribution < 1.29 is 14.3 Å². The highest BCUT2D eigenvalue weighted by Crippen LogP contribution is 2.33. The van der Waals surface area contributed by atoms with Crippen LogP contribution in [0.2, 0.25) is 0 Å². The molecule has 2 aliphatic rings. The Morgan fingerprint density at radius 2 is 1.53 bits per heavy atom. The predicted molar refractivity (Wildman–Crippen MR) is 142 cm³/mol. The number of rotatable bonds is 6. The second-order valence-corrected chi connectivity index (χ2v) is 9.06. The van der Waals surface area contributed by atoms with E-state index >= 15 is 0 Å². The van der Waals surface area contributed by atoms with Gasteiger partial charge in [-0.1, -0.05) is 42.5 Å². The van der Waals surface area contributed by atoms with Crippen LogP contribution in [0.15, 0.2) is 83.9 Å². The molecule has 1 saturated heterocycles. The number of ether oxygens (including phenoxy) is 1. The lowest BCUT2D eigenvalue weighted by atomic mass is 10.1. The molecule has 0 radical (unpaired) electrons. The number of anilines is 2. The fraction of sp³-hybridized carbons (Fsp3) is 0.276. The first-order chi connectivity index (χ1) is 17.5. The number of aliphatic imine (C=N–C) groups is 1. The van der Waals surface area contributed by atoms with E-state index in [2.05, 4.69) is 9.80 Å². The van der Waals surface area contributed by atoms with Gasteiger partial charge in [0.1, 0.15) is 11.8 Å². The van der Waals surface area contributed by atoms with Crippen LogP contribution >= 0.6 is 0 Å². The third-order valence-corrected chi connectivity index (χ3v) is 6.78. The number of nitrogens with zero attached hydrogens (tertiary/aromatic N) is 4. The lowest BCUT2D eigenvalue weighted by Gasteiger charge is -2.38. The van der Waals surface area contributed by atoms with Crippen LogP contribution in [0, 0.1) is 0 Å². The minimum Gasteiger partial charge on any atom is -0.495 e. The molecular weight excluding hydrogens is 452 g/mol. The first kappa shape index (κ1) is 23.6. The molecular formula is C29H30N4O3. The van der Waals surface area contributed by atoms with E-state index in [0.29, 0.717) is 29.4 Å². The molecule has 0 bridgehead atoms. The van der Waals surface area contributed by atoms with Crippen molar-refractivity contribution in [2.75, 3.05) is 43.1 Å². The van der Waals surface area contributed by atoms with Gasteiger partial charge in [-0.3, -0.25) is 9.59 Å². The van der Waals surface area contributed by atoms with E-state index in [1.165, 1.54) is 0 Å². The summed E-state index contributed by atoms with van der Waals surface area (Å²) in [5.74, 6) is 1.34. The van der Waals surface area contributed by atoms with Gasteiger partial charge >= 0.3 is 0 Å². The molecule has 2 heterocycles. The third kappa shape index (κ3) is 4.69. The molecule has 1 amide bonds. The smallest absolute Gasteiger partial charge is 0.259 e. The van der Waals surface area contributed by atoms with Crippen molar-refractivity contribution >= 4 is 29.0 Å². The molecule has 7 heteroatoms. The van der Waals surface area contributed by atoms with Gasteiger partial charge in [0.2, 0.25) is 5.96 Å². The quantitative estimate of drug-likeness (QED) is 0.497. The number of methoxy groups -OCH3 is 1. The van der Waals surface area contributed by atoms with Gasteiger partial charge in [-0.25, -0.2) is 9.89 Å². The van der Waals surface area contributed by atoms with Crippen molar-refractivity contribution in [1.82, 2.24) is 4.90 Å². The lowest BCUT2D eigenvalue weighted by Crippen LogP contribution is -2.53. The number of hydrogen-bond acceptors (Lipinski definition) is 6. The van der Waals surface area contributed by atoms with Gasteiger partial charge < -0.3 is 14.5 Å². The van der Waals surface area contributed by atoms with Crippen molar-refractivity contribution in [1.29, 1.82) is 0 Å². The third-order valence-electron chi connectivity index (χ3n) is 6.78. The number of amides is 1. The topological polar surface area (TPSA) is 65.5 Å². The Morgan fingerprint density at radius 1 is 0.889 bits per heavy atom. The Kier molecular flexibility index (Phi) is 6.71. The van der Waals surface area contributed by atoms with E-state index in [1.807, 2.05) is 78.9 Å². The van der Waals surface area contributed by atoms with Crippen molar-refractivity contribution in [2.45, 2.75) is 19.4 Å². The fourth-order valence-electron chi connectivity index (χ4n) is 4.81. The lowest BCUT2D eigenvalue weighted by molar-refractivity contribution is -0.118. The van der Waals surface area contributed by atoms with E-state index in [-0.39, 0.29) is 11.7 Å². The maximum absolute atomic E-state index is 13.7. The number of piperazine rings is 1. The zero-order chi connectivity index (χ0) is 25.1. The summed E-state index contributed by atoms with van der Waals surface area (Å²) in [6, 6.07) is 24.9.